The SMILES string of the molecule is C=C1C(=O)OC2CCCCCC(C)C(C)CC12. The molecule has 1 heterocycles. The molecule has 4 unspecified atom stereocenters. The van der Waals surface area contributed by atoms with Crippen molar-refractivity contribution in [2.45, 2.75) is 58.5 Å². The summed E-state index contributed by atoms with van der Waals surface area (Å²) >= 11 is 0. The number of fused-ring (bicyclic) bond motifs is 1. The van der Waals surface area contributed by atoms with Crippen molar-refractivity contribution in [2.24, 2.45) is 17.8 Å². The number of esters is 1. The first-order chi connectivity index (χ1) is 8.09. The smallest absolute Gasteiger partial charge is 0.334 e. The van der Waals surface area contributed by atoms with Crippen LogP contribution in [0.5, 0.6) is 0 Å². The molecule has 0 bridgehead atoms. The van der Waals surface area contributed by atoms with Crippen LogP contribution in [-0.4, -0.2) is 12.1 Å². The molecule has 1 aliphatic carbocycles. The molecular weight excluding hydrogens is 212 g/mol. The highest BCUT2D eigenvalue weighted by atomic mass is 16.6. The zero-order valence-corrected chi connectivity index (χ0v) is 11.1. The van der Waals surface area contributed by atoms with Crippen molar-refractivity contribution in [2.75, 3.05) is 0 Å². The van der Waals surface area contributed by atoms with E-state index in [0.29, 0.717) is 5.92 Å². The van der Waals surface area contributed by atoms with E-state index in [1.807, 2.05) is 0 Å². The number of carbonyl (C=O) groups is 1. The summed E-state index contributed by atoms with van der Waals surface area (Å²) in [6.07, 6.45) is 7.29. The van der Waals surface area contributed by atoms with Gasteiger partial charge in [-0.1, -0.05) is 39.7 Å². The van der Waals surface area contributed by atoms with Crippen LogP contribution in [0.1, 0.15) is 52.4 Å². The molecule has 1 saturated heterocycles. The van der Waals surface area contributed by atoms with Crippen molar-refractivity contribution in [3.8, 4) is 0 Å². The Labute approximate surface area is 104 Å². The second-order valence-electron chi connectivity index (χ2n) is 5.90. The van der Waals surface area contributed by atoms with Gasteiger partial charge >= 0.3 is 5.97 Å². The van der Waals surface area contributed by atoms with E-state index in [1.54, 1.807) is 0 Å². The summed E-state index contributed by atoms with van der Waals surface area (Å²) in [5.74, 6) is 1.53. The third kappa shape index (κ3) is 2.72. The van der Waals surface area contributed by atoms with Crippen LogP contribution in [0.2, 0.25) is 0 Å². The largest absolute Gasteiger partial charge is 0.458 e. The minimum Gasteiger partial charge on any atom is -0.458 e. The standard InChI is InChI=1S/C15H24O2/c1-10-7-5-4-6-8-14-13(9-11(10)2)12(3)15(16)17-14/h10-11,13-14H,3-9H2,1-2H3. The molecule has 17 heavy (non-hydrogen) atoms. The highest BCUT2D eigenvalue weighted by Crippen LogP contribution is 2.38. The Morgan fingerprint density at radius 2 is 1.82 bits per heavy atom. The first-order valence-corrected chi connectivity index (χ1v) is 6.99. The van der Waals surface area contributed by atoms with E-state index in [1.165, 1.54) is 25.7 Å². The fourth-order valence-corrected chi connectivity index (χ4v) is 3.13. The number of rotatable bonds is 0. The second-order valence-corrected chi connectivity index (χ2v) is 5.90. The van der Waals surface area contributed by atoms with Gasteiger partial charge in [0.2, 0.25) is 0 Å². The third-order valence-electron chi connectivity index (χ3n) is 4.66. The molecule has 1 saturated carbocycles. The molecular formula is C15H24O2. The Bertz CT molecular complexity index is 308. The van der Waals surface area contributed by atoms with Crippen molar-refractivity contribution >= 4 is 5.97 Å². The van der Waals surface area contributed by atoms with Gasteiger partial charge < -0.3 is 4.74 Å². The van der Waals surface area contributed by atoms with E-state index in [4.69, 9.17) is 4.74 Å². The summed E-state index contributed by atoms with van der Waals surface area (Å²) in [4.78, 5) is 11.6. The van der Waals surface area contributed by atoms with Crippen LogP contribution in [0.25, 0.3) is 0 Å². The molecule has 2 fully saturated rings. The van der Waals surface area contributed by atoms with Crippen LogP contribution in [0.4, 0.5) is 0 Å². The Balaban J connectivity index is 2.10. The lowest BCUT2D eigenvalue weighted by Crippen LogP contribution is -2.22. The van der Waals surface area contributed by atoms with E-state index in [-0.39, 0.29) is 18.0 Å². The van der Waals surface area contributed by atoms with Gasteiger partial charge in [0.05, 0.1) is 0 Å². The molecule has 0 aromatic rings. The lowest BCUT2D eigenvalue weighted by Gasteiger charge is -2.27. The van der Waals surface area contributed by atoms with Crippen LogP contribution in [-0.2, 0) is 9.53 Å². The number of ether oxygens (including phenoxy) is 1. The van der Waals surface area contributed by atoms with Gasteiger partial charge in [0.15, 0.2) is 0 Å². The predicted molar refractivity (Wildman–Crippen MR) is 68.5 cm³/mol. The Hall–Kier alpha value is -0.790. The van der Waals surface area contributed by atoms with Gasteiger partial charge in [0, 0.05) is 11.5 Å². The molecule has 96 valence electrons. The van der Waals surface area contributed by atoms with Gasteiger partial charge in [-0.2, -0.15) is 0 Å². The maximum atomic E-state index is 11.6. The van der Waals surface area contributed by atoms with Crippen molar-refractivity contribution in [1.29, 1.82) is 0 Å². The van der Waals surface area contributed by atoms with Crippen LogP contribution >= 0.6 is 0 Å². The molecule has 0 amide bonds. The summed E-state index contributed by atoms with van der Waals surface area (Å²) < 4.78 is 5.45. The fourth-order valence-electron chi connectivity index (χ4n) is 3.13. The minimum atomic E-state index is -0.154. The molecule has 2 heteroatoms. The highest BCUT2D eigenvalue weighted by molar-refractivity contribution is 5.90. The van der Waals surface area contributed by atoms with Crippen molar-refractivity contribution in [3.05, 3.63) is 12.2 Å². The lowest BCUT2D eigenvalue weighted by molar-refractivity contribution is -0.139. The topological polar surface area (TPSA) is 26.3 Å². The van der Waals surface area contributed by atoms with Crippen molar-refractivity contribution in [1.82, 2.24) is 0 Å². The van der Waals surface area contributed by atoms with E-state index in [2.05, 4.69) is 20.4 Å². The molecule has 2 nitrogen and oxygen atoms in total. The zero-order valence-electron chi connectivity index (χ0n) is 11.1. The Kier molecular flexibility index (Phi) is 3.90. The van der Waals surface area contributed by atoms with Gasteiger partial charge in [0.25, 0.3) is 0 Å². The van der Waals surface area contributed by atoms with E-state index < -0.39 is 0 Å². The van der Waals surface area contributed by atoms with Gasteiger partial charge in [0.1, 0.15) is 6.10 Å². The Morgan fingerprint density at radius 3 is 2.59 bits per heavy atom. The average molecular weight is 236 g/mol. The van der Waals surface area contributed by atoms with Gasteiger partial charge in [-0.15, -0.1) is 0 Å². The average Bonchev–Trinajstić information content (AvgIpc) is 2.56. The van der Waals surface area contributed by atoms with Crippen molar-refractivity contribution < 1.29 is 9.53 Å². The van der Waals surface area contributed by atoms with Gasteiger partial charge in [-0.05, 0) is 31.1 Å². The van der Waals surface area contributed by atoms with E-state index >= 15 is 0 Å². The molecule has 2 rings (SSSR count). The van der Waals surface area contributed by atoms with Gasteiger partial charge in [-0.25, -0.2) is 4.79 Å². The predicted octanol–water partition coefficient (Wildman–Crippen LogP) is 3.71. The highest BCUT2D eigenvalue weighted by Gasteiger charge is 2.39. The molecule has 1 aliphatic heterocycles. The molecule has 0 radical (unpaired) electrons. The first kappa shape index (κ1) is 12.7. The van der Waals surface area contributed by atoms with Crippen molar-refractivity contribution in [3.63, 3.8) is 0 Å². The maximum Gasteiger partial charge on any atom is 0.334 e. The zero-order chi connectivity index (χ0) is 12.4. The number of hydrogen-bond acceptors (Lipinski definition) is 2. The normalized spacial score (nSPS) is 39.6. The molecule has 0 spiro atoms. The monoisotopic (exact) mass is 236 g/mol. The van der Waals surface area contributed by atoms with Crippen LogP contribution < -0.4 is 0 Å². The number of carbonyl (C=O) groups excluding carboxylic acids is 1. The Morgan fingerprint density at radius 1 is 1.12 bits per heavy atom. The molecule has 0 N–H and O–H groups in total. The fraction of sp³-hybridized carbons (Fsp3) is 0.800. The number of hydrogen-bond donors (Lipinski definition) is 0. The summed E-state index contributed by atoms with van der Waals surface area (Å²) in [7, 11) is 0. The summed E-state index contributed by atoms with van der Waals surface area (Å²) in [6, 6.07) is 0. The van der Waals surface area contributed by atoms with Gasteiger partial charge in [-0.3, -0.25) is 0 Å². The molecule has 2 aliphatic rings. The molecule has 4 atom stereocenters. The van der Waals surface area contributed by atoms with E-state index in [0.717, 1.165) is 24.3 Å². The first-order valence-electron chi connectivity index (χ1n) is 6.99. The summed E-state index contributed by atoms with van der Waals surface area (Å²) in [5, 5.41) is 0. The third-order valence-corrected chi connectivity index (χ3v) is 4.66. The summed E-state index contributed by atoms with van der Waals surface area (Å²) in [6.45, 7) is 8.57. The van der Waals surface area contributed by atoms with Crippen LogP contribution in [0.3, 0.4) is 0 Å². The van der Waals surface area contributed by atoms with E-state index in [9.17, 15) is 4.79 Å². The maximum absolute atomic E-state index is 11.6. The van der Waals surface area contributed by atoms with Crippen LogP contribution in [0.15, 0.2) is 12.2 Å². The molecule has 0 aromatic carbocycles. The summed E-state index contributed by atoms with van der Waals surface area (Å²) in [5.41, 5.74) is 0.717. The lowest BCUT2D eigenvalue weighted by atomic mass is 9.78. The minimum absolute atomic E-state index is 0.114. The van der Waals surface area contributed by atoms with Crippen LogP contribution in [0, 0.1) is 17.8 Å². The molecule has 0 aromatic heterocycles. The quantitative estimate of drug-likeness (QED) is 0.473. The second kappa shape index (κ2) is 5.24.